The Kier molecular flexibility index (Phi) is 7.90. The first-order valence-corrected chi connectivity index (χ1v) is 12.7. The Bertz CT molecular complexity index is 1510. The zero-order chi connectivity index (χ0) is 28.3. The van der Waals surface area contributed by atoms with Crippen LogP contribution in [0.5, 0.6) is 11.5 Å². The van der Waals surface area contributed by atoms with Gasteiger partial charge in [-0.3, -0.25) is 14.5 Å². The van der Waals surface area contributed by atoms with Gasteiger partial charge in [0.05, 0.1) is 19.7 Å². The number of nitrogens with zero attached hydrogens (tertiary/aromatic N) is 4. The van der Waals surface area contributed by atoms with E-state index in [9.17, 15) is 9.59 Å². The molecule has 1 heterocycles. The van der Waals surface area contributed by atoms with E-state index in [2.05, 4.69) is 15.6 Å². The molecule has 1 aromatic heterocycles. The molecule has 0 saturated carbocycles. The van der Waals surface area contributed by atoms with E-state index in [0.29, 0.717) is 28.3 Å². The van der Waals surface area contributed by atoms with Gasteiger partial charge in [-0.2, -0.15) is 0 Å². The highest BCUT2D eigenvalue weighted by Crippen LogP contribution is 2.38. The smallest absolute Gasteiger partial charge is 0.249 e. The molecular formula is C30H35N5O4. The van der Waals surface area contributed by atoms with Crippen molar-refractivity contribution in [2.75, 3.05) is 19.1 Å². The molecule has 1 N–H and O–H groups in total. The molecule has 39 heavy (non-hydrogen) atoms. The van der Waals surface area contributed by atoms with Crippen LogP contribution in [0.3, 0.4) is 0 Å². The number of carbonyl (C=O) groups excluding carboxylic acids is 2. The fourth-order valence-corrected chi connectivity index (χ4v) is 4.54. The van der Waals surface area contributed by atoms with Gasteiger partial charge in [0.2, 0.25) is 11.8 Å². The molecule has 0 saturated heterocycles. The van der Waals surface area contributed by atoms with Crippen LogP contribution < -0.4 is 19.7 Å². The van der Waals surface area contributed by atoms with Crippen LogP contribution in [-0.2, 0) is 16.1 Å². The molecule has 4 rings (SSSR count). The third-order valence-electron chi connectivity index (χ3n) is 6.55. The number of aromatic nitrogens is 3. The highest BCUT2D eigenvalue weighted by Gasteiger charge is 2.37. The molecule has 0 radical (unpaired) electrons. The Labute approximate surface area is 228 Å². The lowest BCUT2D eigenvalue weighted by Crippen LogP contribution is -2.50. The summed E-state index contributed by atoms with van der Waals surface area (Å²) in [6.45, 7) is 9.49. The number of rotatable bonds is 8. The summed E-state index contributed by atoms with van der Waals surface area (Å²) in [7, 11) is 3.09. The van der Waals surface area contributed by atoms with Gasteiger partial charge in [-0.1, -0.05) is 29.5 Å². The second-order valence-corrected chi connectivity index (χ2v) is 10.5. The summed E-state index contributed by atoms with van der Waals surface area (Å²) < 4.78 is 12.7. The largest absolute Gasteiger partial charge is 0.497 e. The van der Waals surface area contributed by atoms with Gasteiger partial charge in [0.15, 0.2) is 0 Å². The van der Waals surface area contributed by atoms with E-state index in [1.807, 2.05) is 77.1 Å². The molecule has 0 aliphatic rings. The molecule has 0 aliphatic heterocycles. The van der Waals surface area contributed by atoms with Gasteiger partial charge in [0.1, 0.15) is 29.6 Å². The minimum atomic E-state index is -1.07. The standard InChI is InChI=1S/C30H35N5O4/c1-19-11-10-14-24(20(19)2)35(27(36)18-34-25-13-9-8-12-23(25)32-33-34)28(29(37)31-30(3,4)5)22-17-21(38-6)15-16-26(22)39-7/h8-17,28H,18H2,1-7H3,(H,31,37)/t28-/m0/s1. The molecule has 0 unspecified atom stereocenters. The topological polar surface area (TPSA) is 98.6 Å². The minimum Gasteiger partial charge on any atom is -0.497 e. The van der Waals surface area contributed by atoms with Crippen molar-refractivity contribution in [3.8, 4) is 11.5 Å². The SMILES string of the molecule is COc1ccc(OC)c([C@@H](C(=O)NC(C)(C)C)N(C(=O)Cn2nnc3ccccc32)c2cccc(C)c2C)c1. The van der Waals surface area contributed by atoms with E-state index in [1.54, 1.807) is 30.0 Å². The van der Waals surface area contributed by atoms with Crippen LogP contribution in [0.1, 0.15) is 43.5 Å². The number of nitrogens with one attached hydrogen (secondary N) is 1. The van der Waals surface area contributed by atoms with E-state index in [1.165, 1.54) is 12.0 Å². The van der Waals surface area contributed by atoms with Crippen LogP contribution in [-0.4, -0.2) is 46.6 Å². The summed E-state index contributed by atoms with van der Waals surface area (Å²) in [5.74, 6) is 0.305. The van der Waals surface area contributed by atoms with Crippen molar-refractivity contribution in [3.63, 3.8) is 0 Å². The minimum absolute atomic E-state index is 0.126. The van der Waals surface area contributed by atoms with Crippen molar-refractivity contribution >= 4 is 28.5 Å². The van der Waals surface area contributed by atoms with Crippen LogP contribution in [0.25, 0.3) is 11.0 Å². The van der Waals surface area contributed by atoms with E-state index in [0.717, 1.165) is 16.6 Å². The number of hydrogen-bond acceptors (Lipinski definition) is 6. The van der Waals surface area contributed by atoms with E-state index < -0.39 is 11.6 Å². The highest BCUT2D eigenvalue weighted by atomic mass is 16.5. The Morgan fingerprint density at radius 2 is 1.74 bits per heavy atom. The maximum atomic E-state index is 14.3. The number of carbonyl (C=O) groups is 2. The lowest BCUT2D eigenvalue weighted by molar-refractivity contribution is -0.128. The number of benzene rings is 3. The number of hydrogen-bond donors (Lipinski definition) is 1. The van der Waals surface area contributed by atoms with Crippen LogP contribution in [0.4, 0.5) is 5.69 Å². The van der Waals surface area contributed by atoms with Gasteiger partial charge in [0.25, 0.3) is 0 Å². The van der Waals surface area contributed by atoms with Crippen LogP contribution in [0.2, 0.25) is 0 Å². The second kappa shape index (κ2) is 11.1. The summed E-state index contributed by atoms with van der Waals surface area (Å²) >= 11 is 0. The van der Waals surface area contributed by atoms with Gasteiger partial charge in [-0.15, -0.1) is 5.10 Å². The van der Waals surface area contributed by atoms with Crippen LogP contribution in [0, 0.1) is 13.8 Å². The first-order chi connectivity index (χ1) is 18.5. The van der Waals surface area contributed by atoms with Crippen molar-refractivity contribution in [1.29, 1.82) is 0 Å². The molecule has 3 aromatic carbocycles. The zero-order valence-electron chi connectivity index (χ0n) is 23.5. The van der Waals surface area contributed by atoms with Crippen molar-refractivity contribution in [2.45, 2.75) is 52.7 Å². The maximum Gasteiger partial charge on any atom is 0.249 e. The van der Waals surface area contributed by atoms with Crippen molar-refractivity contribution in [2.24, 2.45) is 0 Å². The van der Waals surface area contributed by atoms with Crippen molar-refractivity contribution in [1.82, 2.24) is 20.3 Å². The molecule has 0 fully saturated rings. The molecular weight excluding hydrogens is 494 g/mol. The van der Waals surface area contributed by atoms with Gasteiger partial charge >= 0.3 is 0 Å². The maximum absolute atomic E-state index is 14.3. The number of aryl methyl sites for hydroxylation is 1. The monoisotopic (exact) mass is 529 g/mol. The third-order valence-corrected chi connectivity index (χ3v) is 6.55. The average Bonchev–Trinajstić information content (AvgIpc) is 3.30. The van der Waals surface area contributed by atoms with Crippen molar-refractivity contribution in [3.05, 3.63) is 77.4 Å². The number of methoxy groups -OCH3 is 2. The lowest BCUT2D eigenvalue weighted by Gasteiger charge is -2.35. The quantitative estimate of drug-likeness (QED) is 0.354. The number of fused-ring (bicyclic) bond motifs is 1. The molecule has 0 bridgehead atoms. The second-order valence-electron chi connectivity index (χ2n) is 10.5. The number of anilines is 1. The van der Waals surface area contributed by atoms with Crippen molar-refractivity contribution < 1.29 is 19.1 Å². The summed E-state index contributed by atoms with van der Waals surface area (Å²) in [4.78, 5) is 30.0. The first kappa shape index (κ1) is 27.6. The molecule has 2 amide bonds. The molecule has 0 aliphatic carbocycles. The first-order valence-electron chi connectivity index (χ1n) is 12.7. The number of para-hydroxylation sites is 1. The van der Waals surface area contributed by atoms with E-state index in [4.69, 9.17) is 9.47 Å². The molecule has 9 nitrogen and oxygen atoms in total. The number of amides is 2. The predicted octanol–water partition coefficient (Wildman–Crippen LogP) is 4.75. The summed E-state index contributed by atoms with van der Waals surface area (Å²) in [6, 6.07) is 17.3. The Balaban J connectivity index is 1.94. The fraction of sp³-hybridized carbons (Fsp3) is 0.333. The van der Waals surface area contributed by atoms with Gasteiger partial charge < -0.3 is 14.8 Å². The zero-order valence-corrected chi connectivity index (χ0v) is 23.5. The predicted molar refractivity (Wildman–Crippen MR) is 151 cm³/mol. The molecule has 9 heteroatoms. The Morgan fingerprint density at radius 3 is 2.44 bits per heavy atom. The normalized spacial score (nSPS) is 12.2. The molecule has 204 valence electrons. The summed E-state index contributed by atoms with van der Waals surface area (Å²) in [5, 5.41) is 11.5. The third kappa shape index (κ3) is 5.87. The van der Waals surface area contributed by atoms with E-state index >= 15 is 0 Å². The Morgan fingerprint density at radius 1 is 1.00 bits per heavy atom. The summed E-state index contributed by atoms with van der Waals surface area (Å²) in [6.07, 6.45) is 0. The molecule has 0 spiro atoms. The van der Waals surface area contributed by atoms with Crippen LogP contribution in [0.15, 0.2) is 60.7 Å². The Hall–Kier alpha value is -4.40. The van der Waals surface area contributed by atoms with Gasteiger partial charge in [-0.05, 0) is 82.1 Å². The van der Waals surface area contributed by atoms with Crippen LogP contribution >= 0.6 is 0 Å². The summed E-state index contributed by atoms with van der Waals surface area (Å²) in [5.41, 5.74) is 3.83. The average molecular weight is 530 g/mol. The molecule has 4 aromatic rings. The lowest BCUT2D eigenvalue weighted by atomic mass is 9.97. The highest BCUT2D eigenvalue weighted by molar-refractivity contribution is 6.02. The number of ether oxygens (including phenoxy) is 2. The van der Waals surface area contributed by atoms with Gasteiger partial charge in [0, 0.05) is 16.8 Å². The fourth-order valence-electron chi connectivity index (χ4n) is 4.54. The van der Waals surface area contributed by atoms with Gasteiger partial charge in [-0.25, -0.2) is 4.68 Å². The van der Waals surface area contributed by atoms with E-state index in [-0.39, 0.29) is 18.4 Å². The molecule has 1 atom stereocenters.